The first-order chi connectivity index (χ1) is 8.09. The van der Waals surface area contributed by atoms with Gasteiger partial charge in [0.05, 0.1) is 12.1 Å². The van der Waals surface area contributed by atoms with E-state index in [1.807, 2.05) is 19.1 Å². The molecule has 0 bridgehead atoms. The number of benzene rings is 1. The molecule has 0 radical (unpaired) electrons. The van der Waals surface area contributed by atoms with Gasteiger partial charge in [0.25, 0.3) is 0 Å². The zero-order chi connectivity index (χ0) is 12.9. The molecule has 0 N–H and O–H groups in total. The van der Waals surface area contributed by atoms with Crippen LogP contribution in [-0.4, -0.2) is 0 Å². The third-order valence-electron chi connectivity index (χ3n) is 2.97. The predicted octanol–water partition coefficient (Wildman–Crippen LogP) is 4.05. The molecule has 1 rings (SSSR count). The van der Waals surface area contributed by atoms with Gasteiger partial charge >= 0.3 is 0 Å². The Balaban J connectivity index is 3.13. The van der Waals surface area contributed by atoms with Crippen LogP contribution < -0.4 is 0 Å². The molecule has 1 aromatic carbocycles. The maximum absolute atomic E-state index is 9.25. The summed E-state index contributed by atoms with van der Waals surface area (Å²) in [5.74, 6) is -0.187. The fourth-order valence-corrected chi connectivity index (χ4v) is 1.88. The molecule has 1 unspecified atom stereocenters. The van der Waals surface area contributed by atoms with Crippen LogP contribution >= 0.6 is 11.6 Å². The highest BCUT2D eigenvalue weighted by molar-refractivity contribution is 6.30. The van der Waals surface area contributed by atoms with E-state index in [4.69, 9.17) is 11.6 Å². The Kier molecular flexibility index (Phi) is 4.32. The molecule has 0 aromatic heterocycles. The molecule has 0 saturated carbocycles. The lowest BCUT2D eigenvalue weighted by molar-refractivity contribution is 0.439. The Morgan fingerprint density at radius 2 is 1.88 bits per heavy atom. The summed E-state index contributed by atoms with van der Waals surface area (Å²) in [6, 6.07) is 11.5. The molecular weight excluding hydrogens is 232 g/mol. The van der Waals surface area contributed by atoms with Crippen molar-refractivity contribution in [1.29, 1.82) is 10.5 Å². The van der Waals surface area contributed by atoms with E-state index in [1.54, 1.807) is 18.2 Å². The first kappa shape index (κ1) is 13.3. The van der Waals surface area contributed by atoms with Crippen molar-refractivity contribution in [3.8, 4) is 12.1 Å². The minimum atomic E-state index is -1.06. The molecule has 0 aliphatic rings. The van der Waals surface area contributed by atoms with Crippen molar-refractivity contribution in [1.82, 2.24) is 0 Å². The number of nitrogens with zero attached hydrogens (tertiary/aromatic N) is 2. The van der Waals surface area contributed by atoms with Crippen LogP contribution in [0.1, 0.15) is 24.8 Å². The topological polar surface area (TPSA) is 47.6 Å². The zero-order valence-electron chi connectivity index (χ0n) is 9.65. The SMILES string of the molecule is C=CCC(C#N)(C#N)C(C)c1ccc(Cl)cc1. The van der Waals surface area contributed by atoms with Gasteiger partial charge in [-0.05, 0) is 24.1 Å². The highest BCUT2D eigenvalue weighted by Crippen LogP contribution is 2.38. The average Bonchev–Trinajstić information content (AvgIpc) is 2.36. The number of allylic oxidation sites excluding steroid dienone is 1. The normalized spacial score (nSPS) is 12.2. The minimum Gasteiger partial charge on any atom is -0.197 e. The molecule has 0 amide bonds. The maximum atomic E-state index is 9.25. The van der Waals surface area contributed by atoms with E-state index in [9.17, 15) is 10.5 Å². The fraction of sp³-hybridized carbons (Fsp3) is 0.286. The van der Waals surface area contributed by atoms with Crippen molar-refractivity contribution in [2.24, 2.45) is 5.41 Å². The van der Waals surface area contributed by atoms with Gasteiger partial charge in [0.2, 0.25) is 0 Å². The van der Waals surface area contributed by atoms with E-state index in [1.165, 1.54) is 0 Å². The lowest BCUT2D eigenvalue weighted by Crippen LogP contribution is -2.23. The summed E-state index contributed by atoms with van der Waals surface area (Å²) in [6.07, 6.45) is 1.96. The average molecular weight is 245 g/mol. The van der Waals surface area contributed by atoms with Crippen molar-refractivity contribution in [2.75, 3.05) is 0 Å². The summed E-state index contributed by atoms with van der Waals surface area (Å²) in [7, 11) is 0. The minimum absolute atomic E-state index is 0.187. The van der Waals surface area contributed by atoms with E-state index < -0.39 is 5.41 Å². The standard InChI is InChI=1S/C14H13ClN2/c1-3-8-14(9-16,10-17)11(2)12-4-6-13(15)7-5-12/h3-7,11H,1,8H2,2H3. The van der Waals surface area contributed by atoms with E-state index >= 15 is 0 Å². The van der Waals surface area contributed by atoms with Gasteiger partial charge in [-0.1, -0.05) is 36.7 Å². The highest BCUT2D eigenvalue weighted by Gasteiger charge is 2.36. The molecule has 17 heavy (non-hydrogen) atoms. The van der Waals surface area contributed by atoms with Crippen molar-refractivity contribution >= 4 is 11.6 Å². The molecule has 3 heteroatoms. The lowest BCUT2D eigenvalue weighted by atomic mass is 9.73. The number of nitriles is 2. The van der Waals surface area contributed by atoms with Gasteiger partial charge < -0.3 is 0 Å². The van der Waals surface area contributed by atoms with Crippen LogP contribution in [-0.2, 0) is 0 Å². The van der Waals surface area contributed by atoms with E-state index in [0.717, 1.165) is 5.56 Å². The second-order valence-electron chi connectivity index (χ2n) is 3.96. The first-order valence-electron chi connectivity index (χ1n) is 5.28. The summed E-state index contributed by atoms with van der Waals surface area (Å²) >= 11 is 5.81. The number of halogens is 1. The molecule has 2 nitrogen and oxygen atoms in total. The number of rotatable bonds is 4. The van der Waals surface area contributed by atoms with Crippen LogP contribution in [0.5, 0.6) is 0 Å². The Bertz CT molecular complexity index is 462. The Morgan fingerprint density at radius 3 is 2.29 bits per heavy atom. The first-order valence-corrected chi connectivity index (χ1v) is 5.66. The molecule has 86 valence electrons. The van der Waals surface area contributed by atoms with Crippen LogP contribution in [0.2, 0.25) is 5.02 Å². The summed E-state index contributed by atoms with van der Waals surface area (Å²) < 4.78 is 0. The molecule has 1 atom stereocenters. The summed E-state index contributed by atoms with van der Waals surface area (Å²) in [4.78, 5) is 0. The Morgan fingerprint density at radius 1 is 1.35 bits per heavy atom. The Hall–Kier alpha value is -1.77. The molecule has 0 heterocycles. The molecule has 0 aliphatic heterocycles. The predicted molar refractivity (Wildman–Crippen MR) is 68.3 cm³/mol. The van der Waals surface area contributed by atoms with Crippen LogP contribution in [0, 0.1) is 28.1 Å². The van der Waals surface area contributed by atoms with Gasteiger partial charge in [0.1, 0.15) is 0 Å². The second-order valence-corrected chi connectivity index (χ2v) is 4.40. The highest BCUT2D eigenvalue weighted by atomic mass is 35.5. The monoisotopic (exact) mass is 244 g/mol. The van der Waals surface area contributed by atoms with E-state index in [0.29, 0.717) is 11.4 Å². The summed E-state index contributed by atoms with van der Waals surface area (Å²) in [5, 5.41) is 19.1. The van der Waals surface area contributed by atoms with Crippen LogP contribution in [0.15, 0.2) is 36.9 Å². The fourth-order valence-electron chi connectivity index (χ4n) is 1.75. The van der Waals surface area contributed by atoms with Crippen LogP contribution in [0.25, 0.3) is 0 Å². The third kappa shape index (κ3) is 2.67. The van der Waals surface area contributed by atoms with Crippen LogP contribution in [0.4, 0.5) is 0 Å². The molecule has 1 aromatic rings. The van der Waals surface area contributed by atoms with Crippen molar-refractivity contribution in [2.45, 2.75) is 19.3 Å². The Labute approximate surface area is 107 Å². The van der Waals surface area contributed by atoms with Gasteiger partial charge in [-0.3, -0.25) is 0 Å². The lowest BCUT2D eigenvalue weighted by Gasteiger charge is -2.25. The van der Waals surface area contributed by atoms with Crippen molar-refractivity contribution < 1.29 is 0 Å². The van der Waals surface area contributed by atoms with Gasteiger partial charge in [0.15, 0.2) is 5.41 Å². The van der Waals surface area contributed by atoms with Crippen molar-refractivity contribution in [3.63, 3.8) is 0 Å². The van der Waals surface area contributed by atoms with Crippen LogP contribution in [0.3, 0.4) is 0 Å². The zero-order valence-corrected chi connectivity index (χ0v) is 10.4. The molecular formula is C14H13ClN2. The van der Waals surface area contributed by atoms with Gasteiger partial charge in [0, 0.05) is 10.9 Å². The summed E-state index contributed by atoms with van der Waals surface area (Å²) in [6.45, 7) is 5.48. The molecule has 0 fully saturated rings. The molecule has 0 spiro atoms. The second kappa shape index (κ2) is 5.53. The largest absolute Gasteiger partial charge is 0.197 e. The van der Waals surface area contributed by atoms with Crippen molar-refractivity contribution in [3.05, 3.63) is 47.5 Å². The van der Waals surface area contributed by atoms with E-state index in [2.05, 4.69) is 18.7 Å². The smallest absolute Gasteiger partial charge is 0.153 e. The number of hydrogen-bond acceptors (Lipinski definition) is 2. The van der Waals surface area contributed by atoms with Gasteiger partial charge in [-0.25, -0.2) is 0 Å². The number of hydrogen-bond donors (Lipinski definition) is 0. The summed E-state index contributed by atoms with van der Waals surface area (Å²) in [5.41, 5.74) is -0.130. The molecule has 0 aliphatic carbocycles. The van der Waals surface area contributed by atoms with E-state index in [-0.39, 0.29) is 5.92 Å². The maximum Gasteiger partial charge on any atom is 0.153 e. The quantitative estimate of drug-likeness (QED) is 0.750. The van der Waals surface area contributed by atoms with Gasteiger partial charge in [-0.15, -0.1) is 6.58 Å². The molecule has 0 saturated heterocycles. The third-order valence-corrected chi connectivity index (χ3v) is 3.23. The van der Waals surface area contributed by atoms with Gasteiger partial charge in [-0.2, -0.15) is 10.5 Å².